The molecule has 1 aromatic rings. The van der Waals surface area contributed by atoms with Crippen LogP contribution in [0.5, 0.6) is 0 Å². The first-order valence-electron chi connectivity index (χ1n) is 8.83. The molecule has 4 unspecified atom stereocenters. The Morgan fingerprint density at radius 2 is 1.92 bits per heavy atom. The lowest BCUT2D eigenvalue weighted by Gasteiger charge is -2.47. The fourth-order valence-electron chi connectivity index (χ4n) is 3.85. The fourth-order valence-corrected chi connectivity index (χ4v) is 3.85. The topological polar surface area (TPSA) is 64.8 Å². The van der Waals surface area contributed by atoms with Crippen LogP contribution < -0.4 is 5.73 Å². The Balaban J connectivity index is 0.00000169. The van der Waals surface area contributed by atoms with E-state index in [2.05, 4.69) is 29.2 Å². The van der Waals surface area contributed by atoms with Crippen LogP contribution in [0.25, 0.3) is 0 Å². The van der Waals surface area contributed by atoms with Gasteiger partial charge in [-0.05, 0) is 29.9 Å². The number of nitrogens with two attached hydrogens (primary N) is 1. The van der Waals surface area contributed by atoms with Crippen molar-refractivity contribution in [1.82, 2.24) is 4.90 Å². The van der Waals surface area contributed by atoms with Crippen LogP contribution in [0.15, 0.2) is 24.3 Å². The summed E-state index contributed by atoms with van der Waals surface area (Å²) in [4.78, 5) is 14.8. The number of carbonyl (C=O) groups excluding carboxylic acids is 1. The van der Waals surface area contributed by atoms with Crippen molar-refractivity contribution in [1.29, 1.82) is 0 Å². The number of ether oxygens (including phenoxy) is 2. The van der Waals surface area contributed by atoms with Crippen molar-refractivity contribution in [2.45, 2.75) is 51.0 Å². The third-order valence-corrected chi connectivity index (χ3v) is 5.34. The first-order valence-corrected chi connectivity index (χ1v) is 8.83. The number of benzene rings is 1. The molecule has 1 aromatic carbocycles. The molecule has 4 atom stereocenters. The summed E-state index contributed by atoms with van der Waals surface area (Å²) >= 11 is 0. The molecule has 2 N–H and O–H groups in total. The normalized spacial score (nSPS) is 26.0. The van der Waals surface area contributed by atoms with Crippen LogP contribution in [0.1, 0.15) is 37.4 Å². The summed E-state index contributed by atoms with van der Waals surface area (Å²) in [5.41, 5.74) is 8.61. The Hall–Kier alpha value is -0.850. The van der Waals surface area contributed by atoms with Crippen LogP contribution in [-0.2, 0) is 20.7 Å². The fraction of sp³-hybridized carbons (Fsp3) is 0.632. The van der Waals surface area contributed by atoms with E-state index in [1.807, 2.05) is 13.8 Å². The van der Waals surface area contributed by atoms with Gasteiger partial charge in [0.25, 0.3) is 0 Å². The second-order valence-electron chi connectivity index (χ2n) is 7.16. The molecule has 148 valence electrons. The largest absolute Gasteiger partial charge is 0.458 e. The summed E-state index contributed by atoms with van der Waals surface area (Å²) in [7, 11) is 1.70. The van der Waals surface area contributed by atoms with Crippen LogP contribution >= 0.6 is 24.8 Å². The van der Waals surface area contributed by atoms with Gasteiger partial charge in [0.2, 0.25) is 0 Å². The first kappa shape index (κ1) is 23.2. The number of halogens is 2. The van der Waals surface area contributed by atoms with Crippen molar-refractivity contribution in [2.24, 2.45) is 11.7 Å². The van der Waals surface area contributed by atoms with Gasteiger partial charge in [-0.2, -0.15) is 0 Å². The maximum Gasteiger partial charge on any atom is 0.323 e. The van der Waals surface area contributed by atoms with E-state index in [-0.39, 0.29) is 55.0 Å². The van der Waals surface area contributed by atoms with Crippen LogP contribution in [0.3, 0.4) is 0 Å². The molecule has 0 bridgehead atoms. The molecule has 1 saturated heterocycles. The van der Waals surface area contributed by atoms with E-state index < -0.39 is 6.04 Å². The molecule has 26 heavy (non-hydrogen) atoms. The lowest BCUT2D eigenvalue weighted by atomic mass is 9.83. The van der Waals surface area contributed by atoms with Crippen molar-refractivity contribution < 1.29 is 14.3 Å². The Labute approximate surface area is 168 Å². The van der Waals surface area contributed by atoms with Gasteiger partial charge in [-0.25, -0.2) is 0 Å². The minimum Gasteiger partial charge on any atom is -0.458 e. The molecule has 1 fully saturated rings. The second-order valence-corrected chi connectivity index (χ2v) is 7.16. The minimum atomic E-state index is -0.584. The van der Waals surface area contributed by atoms with E-state index in [1.165, 1.54) is 11.1 Å². The summed E-state index contributed by atoms with van der Waals surface area (Å²) in [6, 6.07) is 8.06. The Kier molecular flexibility index (Phi) is 8.83. The molecule has 0 spiro atoms. The average Bonchev–Trinajstić information content (AvgIpc) is 2.60. The highest BCUT2D eigenvalue weighted by atomic mass is 35.5. The molecule has 0 aromatic heterocycles. The SMILES string of the molecule is COC1C(OC(=O)C(N)C(C)C)CCN2CCc3ccccc3C12.Cl.Cl. The summed E-state index contributed by atoms with van der Waals surface area (Å²) in [6.07, 6.45) is 1.43. The molecule has 0 radical (unpaired) electrons. The molecule has 2 aliphatic heterocycles. The van der Waals surface area contributed by atoms with Crippen LogP contribution in [-0.4, -0.2) is 49.3 Å². The smallest absolute Gasteiger partial charge is 0.323 e. The predicted molar refractivity (Wildman–Crippen MR) is 107 cm³/mol. The lowest BCUT2D eigenvalue weighted by Crippen LogP contribution is -2.54. The van der Waals surface area contributed by atoms with E-state index in [9.17, 15) is 4.79 Å². The molecule has 5 nitrogen and oxygen atoms in total. The number of nitrogens with zero attached hydrogens (tertiary/aromatic N) is 1. The van der Waals surface area contributed by atoms with Gasteiger partial charge in [-0.15, -0.1) is 24.8 Å². The quantitative estimate of drug-likeness (QED) is 0.781. The third kappa shape index (κ3) is 4.52. The number of fused-ring (bicyclic) bond motifs is 3. The summed E-state index contributed by atoms with van der Waals surface area (Å²) in [6.45, 7) is 5.79. The number of methoxy groups -OCH3 is 1. The van der Waals surface area contributed by atoms with Gasteiger partial charge in [-0.1, -0.05) is 38.1 Å². The van der Waals surface area contributed by atoms with Crippen LogP contribution in [0, 0.1) is 5.92 Å². The standard InChI is InChI=1S/C19H28N2O3.2ClH/c1-12(2)16(20)19(22)24-15-9-11-21-10-8-13-6-4-5-7-14(13)17(21)18(15)23-3;;/h4-7,12,15-18H,8-11,20H2,1-3H3;2*1H. The van der Waals surface area contributed by atoms with Crippen molar-refractivity contribution >= 4 is 30.8 Å². The van der Waals surface area contributed by atoms with E-state index >= 15 is 0 Å². The first-order chi connectivity index (χ1) is 11.5. The molecule has 0 aliphatic carbocycles. The van der Waals surface area contributed by atoms with E-state index in [0.29, 0.717) is 0 Å². The van der Waals surface area contributed by atoms with Crippen molar-refractivity contribution in [3.8, 4) is 0 Å². The van der Waals surface area contributed by atoms with Gasteiger partial charge in [0, 0.05) is 20.2 Å². The van der Waals surface area contributed by atoms with Gasteiger partial charge in [0.1, 0.15) is 18.2 Å². The highest BCUT2D eigenvalue weighted by Gasteiger charge is 2.43. The number of carbonyl (C=O) groups is 1. The van der Waals surface area contributed by atoms with Gasteiger partial charge in [0.05, 0.1) is 6.04 Å². The summed E-state index contributed by atoms with van der Waals surface area (Å²) in [5, 5.41) is 0. The number of esters is 1. The zero-order chi connectivity index (χ0) is 17.3. The van der Waals surface area contributed by atoms with E-state index in [4.69, 9.17) is 15.2 Å². The van der Waals surface area contributed by atoms with Gasteiger partial charge in [-0.3, -0.25) is 9.69 Å². The summed E-state index contributed by atoms with van der Waals surface area (Å²) < 4.78 is 11.6. The highest BCUT2D eigenvalue weighted by Crippen LogP contribution is 2.39. The molecular formula is C19H30Cl2N2O3. The number of piperidine rings is 1. The Bertz CT molecular complexity index is 600. The molecule has 2 heterocycles. The van der Waals surface area contributed by atoms with Crippen LogP contribution in [0.4, 0.5) is 0 Å². The number of rotatable bonds is 4. The zero-order valence-corrected chi connectivity index (χ0v) is 17.2. The molecule has 7 heteroatoms. The van der Waals surface area contributed by atoms with Crippen molar-refractivity contribution in [3.05, 3.63) is 35.4 Å². The van der Waals surface area contributed by atoms with Crippen LogP contribution in [0.2, 0.25) is 0 Å². The predicted octanol–water partition coefficient (Wildman–Crippen LogP) is 2.74. The molecule has 0 amide bonds. The van der Waals surface area contributed by atoms with Gasteiger partial charge in [0.15, 0.2) is 0 Å². The summed E-state index contributed by atoms with van der Waals surface area (Å²) in [5.74, 6) is -0.261. The maximum absolute atomic E-state index is 12.3. The third-order valence-electron chi connectivity index (χ3n) is 5.34. The van der Waals surface area contributed by atoms with Gasteiger partial charge >= 0.3 is 5.97 Å². The zero-order valence-electron chi connectivity index (χ0n) is 15.6. The second kappa shape index (κ2) is 9.90. The Morgan fingerprint density at radius 1 is 1.23 bits per heavy atom. The lowest BCUT2D eigenvalue weighted by molar-refractivity contribution is -0.170. The van der Waals surface area contributed by atoms with E-state index in [0.717, 1.165) is 25.9 Å². The van der Waals surface area contributed by atoms with E-state index in [1.54, 1.807) is 7.11 Å². The number of hydrogen-bond acceptors (Lipinski definition) is 5. The molecule has 0 saturated carbocycles. The molecule has 3 rings (SSSR count). The van der Waals surface area contributed by atoms with Gasteiger partial charge < -0.3 is 15.2 Å². The van der Waals surface area contributed by atoms with Crippen molar-refractivity contribution in [3.63, 3.8) is 0 Å². The highest BCUT2D eigenvalue weighted by molar-refractivity contribution is 5.85. The Morgan fingerprint density at radius 3 is 2.58 bits per heavy atom. The molecule has 2 aliphatic rings. The molecular weight excluding hydrogens is 375 g/mol. The monoisotopic (exact) mass is 404 g/mol. The maximum atomic E-state index is 12.3. The minimum absolute atomic E-state index is 0. The van der Waals surface area contributed by atoms with Crippen molar-refractivity contribution in [2.75, 3.05) is 20.2 Å². The number of hydrogen-bond donors (Lipinski definition) is 1. The average molecular weight is 405 g/mol.